The molecule has 0 fully saturated rings. The third kappa shape index (κ3) is 53.3. The number of allylic oxidation sites excluding steroid dienone is 5. The Balaban J connectivity index is 3.53. The van der Waals surface area contributed by atoms with Crippen LogP contribution in [0.3, 0.4) is 0 Å². The zero-order valence-electron chi connectivity index (χ0n) is 44.9. The zero-order valence-corrected chi connectivity index (χ0v) is 44.9. The van der Waals surface area contributed by atoms with Crippen molar-refractivity contribution in [2.75, 3.05) is 13.2 Å². The molecule has 0 heterocycles. The molecule has 6 nitrogen and oxygen atoms in total. The lowest BCUT2D eigenvalue weighted by Gasteiger charge is -2.19. The van der Waals surface area contributed by atoms with Gasteiger partial charge in [0.25, 0.3) is 0 Å². The van der Waals surface area contributed by atoms with E-state index < -0.39 is 12.1 Å². The average molecular weight is 943 g/mol. The standard InChI is InChI=1S/C61H115NO5/c1-3-5-7-9-11-13-15-17-19-21-22-23-24-25-26-29-33-37-41-45-49-53-59(64)58(57-63)62-60(65)54-50-46-42-38-34-30-28-32-36-40-44-48-52-56-67-61(66)55-51-47-43-39-35-31-27-20-18-16-14-12-10-8-6-4-2/h20,27,30,34,49,53,58-59,63-64H,3-19,21-26,28-29,31-33,35-48,50-52,54-57H2,1-2H3,(H,62,65)/b27-20-,34-30-,53-49+. The largest absolute Gasteiger partial charge is 0.466 e. The van der Waals surface area contributed by atoms with Crippen molar-refractivity contribution in [1.82, 2.24) is 5.32 Å². The molecule has 0 spiro atoms. The van der Waals surface area contributed by atoms with Gasteiger partial charge in [-0.05, 0) is 83.5 Å². The first-order valence-corrected chi connectivity index (χ1v) is 29.8. The Morgan fingerprint density at radius 1 is 0.403 bits per heavy atom. The molecular weight excluding hydrogens is 827 g/mol. The molecule has 2 unspecified atom stereocenters. The summed E-state index contributed by atoms with van der Waals surface area (Å²) in [6, 6.07) is -0.650. The van der Waals surface area contributed by atoms with Crippen LogP contribution in [0, 0.1) is 0 Å². The highest BCUT2D eigenvalue weighted by atomic mass is 16.5. The van der Waals surface area contributed by atoms with Crippen molar-refractivity contribution < 1.29 is 24.5 Å². The van der Waals surface area contributed by atoms with Gasteiger partial charge in [-0.2, -0.15) is 0 Å². The van der Waals surface area contributed by atoms with Crippen LogP contribution in [-0.4, -0.2) is 47.4 Å². The van der Waals surface area contributed by atoms with Crippen molar-refractivity contribution in [2.45, 2.75) is 328 Å². The van der Waals surface area contributed by atoms with Crippen LogP contribution >= 0.6 is 0 Å². The van der Waals surface area contributed by atoms with E-state index in [2.05, 4.69) is 43.5 Å². The highest BCUT2D eigenvalue weighted by Gasteiger charge is 2.18. The maximum atomic E-state index is 12.5. The van der Waals surface area contributed by atoms with Gasteiger partial charge in [0.15, 0.2) is 0 Å². The molecule has 6 heteroatoms. The van der Waals surface area contributed by atoms with Crippen LogP contribution < -0.4 is 5.32 Å². The minimum absolute atomic E-state index is 0.0212. The number of hydrogen-bond acceptors (Lipinski definition) is 5. The second-order valence-electron chi connectivity index (χ2n) is 20.3. The van der Waals surface area contributed by atoms with Crippen LogP contribution in [0.4, 0.5) is 0 Å². The van der Waals surface area contributed by atoms with Gasteiger partial charge < -0.3 is 20.3 Å². The Morgan fingerprint density at radius 3 is 1.07 bits per heavy atom. The number of carbonyl (C=O) groups excluding carboxylic acids is 2. The number of ether oxygens (including phenoxy) is 1. The van der Waals surface area contributed by atoms with Crippen molar-refractivity contribution >= 4 is 11.9 Å². The van der Waals surface area contributed by atoms with Gasteiger partial charge >= 0.3 is 5.97 Å². The Kier molecular flexibility index (Phi) is 55.0. The Morgan fingerprint density at radius 2 is 0.701 bits per heavy atom. The molecule has 0 aliphatic rings. The van der Waals surface area contributed by atoms with E-state index in [0.717, 1.165) is 70.6 Å². The molecule has 0 aliphatic carbocycles. The van der Waals surface area contributed by atoms with Crippen molar-refractivity contribution in [1.29, 1.82) is 0 Å². The first kappa shape index (κ1) is 65.1. The van der Waals surface area contributed by atoms with Crippen LogP contribution in [0.25, 0.3) is 0 Å². The van der Waals surface area contributed by atoms with Crippen LogP contribution in [-0.2, 0) is 14.3 Å². The van der Waals surface area contributed by atoms with E-state index in [-0.39, 0.29) is 18.5 Å². The van der Waals surface area contributed by atoms with Gasteiger partial charge in [0.05, 0.1) is 25.4 Å². The lowest BCUT2D eigenvalue weighted by atomic mass is 10.0. The van der Waals surface area contributed by atoms with Gasteiger partial charge in [0.1, 0.15) is 0 Å². The highest BCUT2D eigenvalue weighted by molar-refractivity contribution is 5.76. The summed E-state index contributed by atoms with van der Waals surface area (Å²) in [6.45, 7) is 4.87. The number of hydrogen-bond donors (Lipinski definition) is 3. The summed E-state index contributed by atoms with van der Waals surface area (Å²) < 4.78 is 5.46. The second-order valence-corrected chi connectivity index (χ2v) is 20.3. The molecule has 0 aliphatic heterocycles. The van der Waals surface area contributed by atoms with Crippen LogP contribution in [0.15, 0.2) is 36.5 Å². The predicted octanol–water partition coefficient (Wildman–Crippen LogP) is 18.4. The van der Waals surface area contributed by atoms with E-state index in [4.69, 9.17) is 4.74 Å². The first-order valence-electron chi connectivity index (χ1n) is 29.8. The van der Waals surface area contributed by atoms with Gasteiger partial charge in [-0.1, -0.05) is 256 Å². The SMILES string of the molecule is CCCCCCCCC/C=C\CCCCCCCC(=O)OCCCCCCCC/C=C\CCCCCC(=O)NC(CO)C(O)/C=C/CCCCCCCCCCCCCCCCCCCCC. The normalized spacial score (nSPS) is 12.8. The number of esters is 1. The van der Waals surface area contributed by atoms with E-state index in [1.807, 2.05) is 6.08 Å². The van der Waals surface area contributed by atoms with Gasteiger partial charge in [-0.25, -0.2) is 0 Å². The molecule has 0 rings (SSSR count). The monoisotopic (exact) mass is 942 g/mol. The molecular formula is C61H115NO5. The highest BCUT2D eigenvalue weighted by Crippen LogP contribution is 2.16. The molecule has 0 aromatic rings. The van der Waals surface area contributed by atoms with Crippen LogP contribution in [0.2, 0.25) is 0 Å². The number of aliphatic hydroxyl groups is 2. The number of rotatable bonds is 55. The van der Waals surface area contributed by atoms with Gasteiger partial charge in [0.2, 0.25) is 5.91 Å². The lowest BCUT2D eigenvalue weighted by molar-refractivity contribution is -0.143. The molecule has 0 aromatic heterocycles. The van der Waals surface area contributed by atoms with E-state index in [0.29, 0.717) is 19.4 Å². The minimum Gasteiger partial charge on any atom is -0.466 e. The molecule has 2 atom stereocenters. The summed E-state index contributed by atoms with van der Waals surface area (Å²) >= 11 is 0. The molecule has 0 bridgehead atoms. The number of nitrogens with one attached hydrogen (secondary N) is 1. The molecule has 0 saturated carbocycles. The lowest BCUT2D eigenvalue weighted by Crippen LogP contribution is -2.45. The topological polar surface area (TPSA) is 95.9 Å². The number of carbonyl (C=O) groups is 2. The molecule has 3 N–H and O–H groups in total. The zero-order chi connectivity index (χ0) is 48.6. The van der Waals surface area contributed by atoms with Crippen molar-refractivity contribution in [3.8, 4) is 0 Å². The third-order valence-electron chi connectivity index (χ3n) is 13.6. The quantitative estimate of drug-likeness (QED) is 0.0321. The number of amides is 1. The fourth-order valence-electron chi connectivity index (χ4n) is 9.03. The van der Waals surface area contributed by atoms with Crippen LogP contribution in [0.1, 0.15) is 316 Å². The number of unbranched alkanes of at least 4 members (excludes halogenated alkanes) is 40. The molecule has 1 amide bonds. The minimum atomic E-state index is -0.863. The van der Waals surface area contributed by atoms with Crippen LogP contribution in [0.5, 0.6) is 0 Å². The summed E-state index contributed by atoms with van der Waals surface area (Å²) in [4.78, 5) is 24.5. The fourth-order valence-corrected chi connectivity index (χ4v) is 9.03. The first-order chi connectivity index (χ1) is 33.0. The third-order valence-corrected chi connectivity index (χ3v) is 13.6. The summed E-state index contributed by atoms with van der Waals surface area (Å²) in [7, 11) is 0. The Bertz CT molecular complexity index is 1090. The molecule has 0 aromatic carbocycles. The van der Waals surface area contributed by atoms with Gasteiger partial charge in [0, 0.05) is 12.8 Å². The Hall–Kier alpha value is -1.92. The van der Waals surface area contributed by atoms with Gasteiger partial charge in [-0.15, -0.1) is 0 Å². The van der Waals surface area contributed by atoms with E-state index in [1.165, 1.54) is 218 Å². The predicted molar refractivity (Wildman–Crippen MR) is 292 cm³/mol. The smallest absolute Gasteiger partial charge is 0.305 e. The molecule has 67 heavy (non-hydrogen) atoms. The molecule has 0 radical (unpaired) electrons. The summed E-state index contributed by atoms with van der Waals surface area (Å²) in [5, 5.41) is 23.2. The van der Waals surface area contributed by atoms with Crippen molar-refractivity contribution in [2.24, 2.45) is 0 Å². The fraction of sp³-hybridized carbons (Fsp3) is 0.869. The maximum absolute atomic E-state index is 12.5. The summed E-state index contributed by atoms with van der Waals surface area (Å²) in [6.07, 6.45) is 70.3. The van der Waals surface area contributed by atoms with Crippen molar-refractivity contribution in [3.05, 3.63) is 36.5 Å². The van der Waals surface area contributed by atoms with E-state index in [9.17, 15) is 19.8 Å². The summed E-state index contributed by atoms with van der Waals surface area (Å²) in [5.41, 5.74) is 0. The maximum Gasteiger partial charge on any atom is 0.305 e. The average Bonchev–Trinajstić information content (AvgIpc) is 3.33. The molecule has 0 saturated heterocycles. The summed E-state index contributed by atoms with van der Waals surface area (Å²) in [5.74, 6) is -0.117. The van der Waals surface area contributed by atoms with E-state index in [1.54, 1.807) is 6.08 Å². The number of aliphatic hydroxyl groups excluding tert-OH is 2. The van der Waals surface area contributed by atoms with Crippen molar-refractivity contribution in [3.63, 3.8) is 0 Å². The van der Waals surface area contributed by atoms with Gasteiger partial charge in [-0.3, -0.25) is 9.59 Å². The second kappa shape index (κ2) is 56.7. The molecule has 394 valence electrons. The van der Waals surface area contributed by atoms with E-state index >= 15 is 0 Å². The Labute approximate surface area is 417 Å².